The first-order valence-electron chi connectivity index (χ1n) is 6.84. The maximum Gasteiger partial charge on any atom is 0.239 e. The Kier molecular flexibility index (Phi) is 5.05. The number of rotatable bonds is 3. The Morgan fingerprint density at radius 1 is 1.05 bits per heavy atom. The zero-order valence-corrected chi connectivity index (χ0v) is 14.2. The lowest BCUT2D eigenvalue weighted by Gasteiger charge is -2.28. The number of amides is 2. The van der Waals surface area contributed by atoms with E-state index in [1.165, 1.54) is 0 Å². The molecule has 1 aromatic rings. The molecule has 0 aliphatic heterocycles. The number of benzene rings is 1. The van der Waals surface area contributed by atoms with E-state index in [1.54, 1.807) is 26.0 Å². The van der Waals surface area contributed by atoms with Gasteiger partial charge in [0, 0.05) is 16.2 Å². The summed E-state index contributed by atoms with van der Waals surface area (Å²) in [4.78, 5) is 24.7. The van der Waals surface area contributed by atoms with Gasteiger partial charge in [-0.25, -0.2) is 0 Å². The first-order chi connectivity index (χ1) is 9.43. The van der Waals surface area contributed by atoms with Crippen LogP contribution >= 0.6 is 11.6 Å². The van der Waals surface area contributed by atoms with Crippen molar-refractivity contribution in [2.24, 2.45) is 5.41 Å². The molecule has 0 aliphatic rings. The molecule has 0 aromatic heterocycles. The number of carbonyl (C=O) groups is 2. The third-order valence-electron chi connectivity index (χ3n) is 3.07. The molecule has 0 fully saturated rings. The van der Waals surface area contributed by atoms with E-state index < -0.39 is 5.41 Å². The number of halogens is 1. The van der Waals surface area contributed by atoms with Crippen molar-refractivity contribution in [2.45, 2.75) is 47.1 Å². The summed E-state index contributed by atoms with van der Waals surface area (Å²) in [5, 5.41) is 6.14. The Bertz CT molecular complexity index is 560. The molecule has 0 spiro atoms. The smallest absolute Gasteiger partial charge is 0.239 e. The molecule has 21 heavy (non-hydrogen) atoms. The monoisotopic (exact) mass is 310 g/mol. The minimum Gasteiger partial charge on any atom is -0.351 e. The molecule has 0 saturated heterocycles. The van der Waals surface area contributed by atoms with E-state index in [0.29, 0.717) is 10.7 Å². The van der Waals surface area contributed by atoms with E-state index in [9.17, 15) is 9.59 Å². The van der Waals surface area contributed by atoms with Gasteiger partial charge in [-0.2, -0.15) is 0 Å². The number of nitrogens with one attached hydrogen (secondary N) is 2. The first kappa shape index (κ1) is 17.5. The normalized spacial score (nSPS) is 12.0. The van der Waals surface area contributed by atoms with Crippen LogP contribution in [0.25, 0.3) is 0 Å². The van der Waals surface area contributed by atoms with Crippen LogP contribution in [0.3, 0.4) is 0 Å². The molecule has 4 nitrogen and oxygen atoms in total. The van der Waals surface area contributed by atoms with E-state index in [0.717, 1.165) is 5.56 Å². The van der Waals surface area contributed by atoms with E-state index in [2.05, 4.69) is 10.6 Å². The third kappa shape index (κ3) is 4.74. The quantitative estimate of drug-likeness (QED) is 0.839. The zero-order valence-electron chi connectivity index (χ0n) is 13.4. The summed E-state index contributed by atoms with van der Waals surface area (Å²) in [6, 6.07) is 5.25. The van der Waals surface area contributed by atoms with Gasteiger partial charge in [0.1, 0.15) is 5.41 Å². The molecular weight excluding hydrogens is 288 g/mol. The third-order valence-corrected chi connectivity index (χ3v) is 3.31. The van der Waals surface area contributed by atoms with Crippen LogP contribution in [0.15, 0.2) is 18.2 Å². The van der Waals surface area contributed by atoms with Crippen molar-refractivity contribution in [1.29, 1.82) is 0 Å². The minimum atomic E-state index is -1.18. The van der Waals surface area contributed by atoms with Crippen molar-refractivity contribution < 1.29 is 9.59 Å². The number of hydrogen-bond acceptors (Lipinski definition) is 2. The Morgan fingerprint density at radius 2 is 1.62 bits per heavy atom. The second-order valence-corrected chi connectivity index (χ2v) is 7.18. The van der Waals surface area contributed by atoms with Crippen molar-refractivity contribution in [3.8, 4) is 0 Å². The van der Waals surface area contributed by atoms with Gasteiger partial charge in [-0.05, 0) is 59.2 Å². The molecule has 1 aromatic carbocycles. The Morgan fingerprint density at radius 3 is 2.14 bits per heavy atom. The topological polar surface area (TPSA) is 58.2 Å². The maximum atomic E-state index is 12.4. The summed E-state index contributed by atoms with van der Waals surface area (Å²) < 4.78 is 0. The lowest BCUT2D eigenvalue weighted by Crippen LogP contribution is -2.51. The van der Waals surface area contributed by atoms with Crippen LogP contribution in [-0.4, -0.2) is 17.4 Å². The predicted molar refractivity (Wildman–Crippen MR) is 86.5 cm³/mol. The van der Waals surface area contributed by atoms with Gasteiger partial charge in [0.2, 0.25) is 11.8 Å². The van der Waals surface area contributed by atoms with Crippen LogP contribution < -0.4 is 10.6 Å². The van der Waals surface area contributed by atoms with E-state index in [-0.39, 0.29) is 17.4 Å². The van der Waals surface area contributed by atoms with E-state index in [4.69, 9.17) is 11.6 Å². The summed E-state index contributed by atoms with van der Waals surface area (Å²) in [5.41, 5.74) is -0.0632. The highest BCUT2D eigenvalue weighted by molar-refractivity contribution is 6.31. The molecule has 2 N–H and O–H groups in total. The second-order valence-electron chi connectivity index (χ2n) is 6.74. The molecule has 1 rings (SSSR count). The van der Waals surface area contributed by atoms with Gasteiger partial charge >= 0.3 is 0 Å². The molecule has 0 unspecified atom stereocenters. The van der Waals surface area contributed by atoms with Gasteiger partial charge < -0.3 is 10.6 Å². The van der Waals surface area contributed by atoms with Crippen LogP contribution in [0.4, 0.5) is 5.69 Å². The second kappa shape index (κ2) is 6.06. The predicted octanol–water partition coefficient (Wildman–Crippen LogP) is 3.53. The summed E-state index contributed by atoms with van der Waals surface area (Å²) in [6.07, 6.45) is 0. The van der Waals surface area contributed by atoms with Gasteiger partial charge in [-0.15, -0.1) is 0 Å². The fourth-order valence-corrected chi connectivity index (χ4v) is 1.78. The van der Waals surface area contributed by atoms with Gasteiger partial charge in [0.15, 0.2) is 0 Å². The molecule has 0 aliphatic carbocycles. The van der Waals surface area contributed by atoms with Crippen molar-refractivity contribution >= 4 is 29.1 Å². The summed E-state index contributed by atoms with van der Waals surface area (Å²) in [6.45, 7) is 10.7. The Hall–Kier alpha value is -1.55. The van der Waals surface area contributed by atoms with Crippen LogP contribution in [-0.2, 0) is 9.59 Å². The van der Waals surface area contributed by atoms with Crippen molar-refractivity contribution in [1.82, 2.24) is 5.32 Å². The molecule has 0 bridgehead atoms. The van der Waals surface area contributed by atoms with Crippen molar-refractivity contribution in [3.05, 3.63) is 28.8 Å². The Balaban J connectivity index is 2.91. The standard InChI is InChI=1S/C16H23ClN2O2/c1-10-7-8-11(17)9-12(10)18-13(20)16(5,6)14(21)19-15(2,3)4/h7-9H,1-6H3,(H,18,20)(H,19,21). The lowest BCUT2D eigenvalue weighted by atomic mass is 9.89. The molecule has 0 atom stereocenters. The highest BCUT2D eigenvalue weighted by Gasteiger charge is 2.37. The highest BCUT2D eigenvalue weighted by atomic mass is 35.5. The first-order valence-corrected chi connectivity index (χ1v) is 7.21. The van der Waals surface area contributed by atoms with Crippen LogP contribution in [0.5, 0.6) is 0 Å². The Labute approximate surface area is 131 Å². The number of hydrogen-bond donors (Lipinski definition) is 2. The van der Waals surface area contributed by atoms with Crippen molar-refractivity contribution in [2.75, 3.05) is 5.32 Å². The fraction of sp³-hybridized carbons (Fsp3) is 0.500. The van der Waals surface area contributed by atoms with Gasteiger partial charge in [-0.1, -0.05) is 17.7 Å². The number of carbonyl (C=O) groups excluding carboxylic acids is 2. The van der Waals surface area contributed by atoms with Crippen LogP contribution in [0.2, 0.25) is 5.02 Å². The average molecular weight is 311 g/mol. The minimum absolute atomic E-state index is 0.313. The van der Waals surface area contributed by atoms with Gasteiger partial charge in [0.05, 0.1) is 0 Å². The van der Waals surface area contributed by atoms with E-state index in [1.807, 2.05) is 33.8 Å². The average Bonchev–Trinajstić information content (AvgIpc) is 2.31. The maximum absolute atomic E-state index is 12.4. The van der Waals surface area contributed by atoms with Crippen LogP contribution in [0, 0.1) is 12.3 Å². The zero-order chi connectivity index (χ0) is 16.4. The molecule has 0 radical (unpaired) electrons. The molecular formula is C16H23ClN2O2. The molecule has 2 amide bonds. The summed E-state index contributed by atoms with van der Waals surface area (Å²) in [5.74, 6) is -0.679. The lowest BCUT2D eigenvalue weighted by molar-refractivity contribution is -0.139. The molecule has 0 heterocycles. The molecule has 5 heteroatoms. The van der Waals surface area contributed by atoms with Gasteiger partial charge in [-0.3, -0.25) is 9.59 Å². The SMILES string of the molecule is Cc1ccc(Cl)cc1NC(=O)C(C)(C)C(=O)NC(C)(C)C. The number of aryl methyl sites for hydroxylation is 1. The number of anilines is 1. The summed E-state index contributed by atoms with van der Waals surface area (Å²) >= 11 is 5.93. The van der Waals surface area contributed by atoms with Gasteiger partial charge in [0.25, 0.3) is 0 Å². The summed E-state index contributed by atoms with van der Waals surface area (Å²) in [7, 11) is 0. The molecule has 0 saturated carbocycles. The van der Waals surface area contributed by atoms with Crippen molar-refractivity contribution in [3.63, 3.8) is 0 Å². The highest BCUT2D eigenvalue weighted by Crippen LogP contribution is 2.24. The molecule has 116 valence electrons. The largest absolute Gasteiger partial charge is 0.351 e. The van der Waals surface area contributed by atoms with Crippen LogP contribution in [0.1, 0.15) is 40.2 Å². The fourth-order valence-electron chi connectivity index (χ4n) is 1.61. The van der Waals surface area contributed by atoms with E-state index >= 15 is 0 Å².